The number of methoxy groups -OCH3 is 1. The predicted molar refractivity (Wildman–Crippen MR) is 110 cm³/mol. The zero-order chi connectivity index (χ0) is 19.6. The number of amides is 1. The second-order valence-electron chi connectivity index (χ2n) is 7.13. The summed E-state index contributed by atoms with van der Waals surface area (Å²) >= 11 is 1.45. The van der Waals surface area contributed by atoms with Crippen LogP contribution >= 0.6 is 11.3 Å². The average molecular weight is 387 g/mol. The first kappa shape index (κ1) is 19.4. The zero-order valence-electron chi connectivity index (χ0n) is 16.5. The van der Waals surface area contributed by atoms with Gasteiger partial charge in [0.15, 0.2) is 5.13 Å². The van der Waals surface area contributed by atoms with Gasteiger partial charge in [0, 0.05) is 18.7 Å². The molecule has 0 aliphatic rings. The molecule has 3 aromatic rings. The summed E-state index contributed by atoms with van der Waals surface area (Å²) in [7, 11) is 1.64. The molecule has 0 saturated heterocycles. The molecule has 0 atom stereocenters. The molecular formula is C20H26N4O2S. The molecule has 0 unspecified atom stereocenters. The first-order valence-corrected chi connectivity index (χ1v) is 9.96. The van der Waals surface area contributed by atoms with Crippen LogP contribution in [-0.2, 0) is 17.8 Å². The zero-order valence-corrected chi connectivity index (χ0v) is 17.3. The topological polar surface area (TPSA) is 69.0 Å². The highest BCUT2D eigenvalue weighted by Gasteiger charge is 2.15. The van der Waals surface area contributed by atoms with Gasteiger partial charge >= 0.3 is 0 Å². The normalized spacial score (nSPS) is 11.3. The van der Waals surface area contributed by atoms with E-state index in [1.54, 1.807) is 7.11 Å². The maximum absolute atomic E-state index is 12.4. The van der Waals surface area contributed by atoms with Crippen LogP contribution in [0.1, 0.15) is 37.2 Å². The third-order valence-electron chi connectivity index (χ3n) is 4.51. The molecule has 0 spiro atoms. The van der Waals surface area contributed by atoms with Crippen LogP contribution in [0.15, 0.2) is 18.2 Å². The fourth-order valence-corrected chi connectivity index (χ4v) is 4.04. The first-order valence-electron chi connectivity index (χ1n) is 9.14. The molecule has 0 bridgehead atoms. The van der Waals surface area contributed by atoms with Crippen molar-refractivity contribution in [3.8, 4) is 5.75 Å². The molecule has 0 aliphatic carbocycles. The number of hydrogen-bond donors (Lipinski definition) is 1. The number of fused-ring (bicyclic) bond motifs is 1. The smallest absolute Gasteiger partial charge is 0.226 e. The van der Waals surface area contributed by atoms with Crippen molar-refractivity contribution in [3.63, 3.8) is 0 Å². The van der Waals surface area contributed by atoms with Gasteiger partial charge in [-0.1, -0.05) is 25.2 Å². The quantitative estimate of drug-likeness (QED) is 0.656. The van der Waals surface area contributed by atoms with Crippen LogP contribution in [0.3, 0.4) is 0 Å². The number of nitrogens with zero attached hydrogens (tertiary/aromatic N) is 3. The monoisotopic (exact) mass is 386 g/mol. The Morgan fingerprint density at radius 2 is 2.11 bits per heavy atom. The van der Waals surface area contributed by atoms with E-state index < -0.39 is 0 Å². The molecule has 2 aromatic heterocycles. The minimum Gasteiger partial charge on any atom is -0.497 e. The van der Waals surface area contributed by atoms with Gasteiger partial charge in [-0.2, -0.15) is 5.10 Å². The summed E-state index contributed by atoms with van der Waals surface area (Å²) in [4.78, 5) is 16.9. The summed E-state index contributed by atoms with van der Waals surface area (Å²) < 4.78 is 8.27. The number of hydrogen-bond acceptors (Lipinski definition) is 5. The Morgan fingerprint density at radius 1 is 1.33 bits per heavy atom. The Balaban J connectivity index is 1.64. The Labute approximate surface area is 163 Å². The number of benzene rings is 1. The number of carbonyl (C=O) groups is 1. The number of nitrogens with one attached hydrogen (secondary N) is 1. The van der Waals surface area contributed by atoms with Crippen molar-refractivity contribution in [1.29, 1.82) is 0 Å². The Morgan fingerprint density at radius 3 is 2.81 bits per heavy atom. The fourth-order valence-electron chi connectivity index (χ4n) is 3.13. The van der Waals surface area contributed by atoms with Gasteiger partial charge in [0.2, 0.25) is 5.91 Å². The highest BCUT2D eigenvalue weighted by Crippen LogP contribution is 2.29. The Hall–Kier alpha value is -2.41. The molecule has 1 N–H and O–H groups in total. The van der Waals surface area contributed by atoms with Crippen LogP contribution in [0.2, 0.25) is 0 Å². The highest BCUT2D eigenvalue weighted by molar-refractivity contribution is 7.22. The van der Waals surface area contributed by atoms with E-state index in [1.807, 2.05) is 29.8 Å². The number of rotatable bonds is 7. The van der Waals surface area contributed by atoms with E-state index in [-0.39, 0.29) is 5.91 Å². The van der Waals surface area contributed by atoms with Crippen LogP contribution < -0.4 is 10.1 Å². The van der Waals surface area contributed by atoms with E-state index in [1.165, 1.54) is 16.9 Å². The SMILES string of the molecule is COc1ccc2nc(NC(=O)CCc3c(C)nn(CC(C)C)c3C)sc2c1. The van der Waals surface area contributed by atoms with Crippen molar-refractivity contribution < 1.29 is 9.53 Å². The molecule has 6 nitrogen and oxygen atoms in total. The number of carbonyl (C=O) groups excluding carboxylic acids is 1. The summed E-state index contributed by atoms with van der Waals surface area (Å²) in [6.45, 7) is 9.34. The van der Waals surface area contributed by atoms with Gasteiger partial charge in [0.05, 0.1) is 23.0 Å². The van der Waals surface area contributed by atoms with Crippen molar-refractivity contribution in [2.45, 2.75) is 47.1 Å². The highest BCUT2D eigenvalue weighted by atomic mass is 32.1. The minimum atomic E-state index is -0.0311. The number of aryl methyl sites for hydroxylation is 1. The van der Waals surface area contributed by atoms with E-state index in [2.05, 4.69) is 36.2 Å². The number of thiazole rings is 1. The molecular weight excluding hydrogens is 360 g/mol. The van der Waals surface area contributed by atoms with E-state index in [4.69, 9.17) is 4.74 Å². The van der Waals surface area contributed by atoms with Crippen molar-refractivity contribution in [1.82, 2.24) is 14.8 Å². The summed E-state index contributed by atoms with van der Waals surface area (Å²) in [6, 6.07) is 5.70. The largest absolute Gasteiger partial charge is 0.497 e. The fraction of sp³-hybridized carbons (Fsp3) is 0.450. The van der Waals surface area contributed by atoms with E-state index in [9.17, 15) is 4.79 Å². The lowest BCUT2D eigenvalue weighted by Gasteiger charge is -2.08. The van der Waals surface area contributed by atoms with E-state index >= 15 is 0 Å². The number of ether oxygens (including phenoxy) is 1. The maximum atomic E-state index is 12.4. The van der Waals surface area contributed by atoms with Crippen LogP contribution in [0.25, 0.3) is 10.2 Å². The standard InChI is InChI=1S/C20H26N4O2S/c1-12(2)11-24-14(4)16(13(3)23-24)7-9-19(25)22-20-21-17-8-6-15(26-5)10-18(17)27-20/h6,8,10,12H,7,9,11H2,1-5H3,(H,21,22,25). The van der Waals surface area contributed by atoms with Crippen LogP contribution in [0.5, 0.6) is 5.75 Å². The van der Waals surface area contributed by atoms with Crippen molar-refractivity contribution in [3.05, 3.63) is 35.2 Å². The molecule has 0 saturated carbocycles. The van der Waals surface area contributed by atoms with Gasteiger partial charge in [0.25, 0.3) is 0 Å². The van der Waals surface area contributed by atoms with Gasteiger partial charge in [-0.15, -0.1) is 0 Å². The van der Waals surface area contributed by atoms with Gasteiger partial charge in [-0.25, -0.2) is 4.98 Å². The summed E-state index contributed by atoms with van der Waals surface area (Å²) in [6.07, 6.45) is 1.09. The summed E-state index contributed by atoms with van der Waals surface area (Å²) in [5, 5.41) is 8.16. The van der Waals surface area contributed by atoms with Crippen LogP contribution in [0, 0.1) is 19.8 Å². The van der Waals surface area contributed by atoms with Crippen molar-refractivity contribution in [2.75, 3.05) is 12.4 Å². The molecule has 27 heavy (non-hydrogen) atoms. The summed E-state index contributed by atoms with van der Waals surface area (Å²) in [5.41, 5.74) is 4.19. The van der Waals surface area contributed by atoms with Crippen LogP contribution in [0.4, 0.5) is 5.13 Å². The number of aromatic nitrogens is 3. The number of anilines is 1. The van der Waals surface area contributed by atoms with Gasteiger partial charge in [-0.3, -0.25) is 9.48 Å². The third-order valence-corrected chi connectivity index (χ3v) is 5.45. The van der Waals surface area contributed by atoms with Gasteiger partial charge in [-0.05, 0) is 49.9 Å². The predicted octanol–water partition coefficient (Wildman–Crippen LogP) is 4.35. The Bertz CT molecular complexity index is 958. The van der Waals surface area contributed by atoms with Crippen molar-refractivity contribution in [2.24, 2.45) is 5.92 Å². The van der Waals surface area contributed by atoms with Crippen molar-refractivity contribution >= 4 is 32.6 Å². The second-order valence-corrected chi connectivity index (χ2v) is 8.16. The molecule has 1 amide bonds. The molecule has 3 rings (SSSR count). The lowest BCUT2D eigenvalue weighted by molar-refractivity contribution is -0.116. The lowest BCUT2D eigenvalue weighted by Crippen LogP contribution is -2.12. The van der Waals surface area contributed by atoms with E-state index in [0.29, 0.717) is 23.9 Å². The molecule has 0 fully saturated rings. The Kier molecular flexibility index (Phi) is 5.79. The van der Waals surface area contributed by atoms with Crippen LogP contribution in [-0.4, -0.2) is 27.8 Å². The van der Waals surface area contributed by atoms with Gasteiger partial charge in [0.1, 0.15) is 5.75 Å². The second kappa shape index (κ2) is 8.08. The molecule has 0 aliphatic heterocycles. The minimum absolute atomic E-state index is 0.0311. The van der Waals surface area contributed by atoms with E-state index in [0.717, 1.165) is 33.9 Å². The maximum Gasteiger partial charge on any atom is 0.226 e. The first-order chi connectivity index (χ1) is 12.9. The van der Waals surface area contributed by atoms with Gasteiger partial charge < -0.3 is 10.1 Å². The molecule has 7 heteroatoms. The lowest BCUT2D eigenvalue weighted by atomic mass is 10.1. The molecule has 144 valence electrons. The molecule has 0 radical (unpaired) electrons. The summed E-state index contributed by atoms with van der Waals surface area (Å²) in [5.74, 6) is 1.29. The molecule has 1 aromatic carbocycles. The third kappa shape index (κ3) is 4.47. The average Bonchev–Trinajstić information content (AvgIpc) is 3.12. The molecule has 2 heterocycles.